The molecule has 0 bridgehead atoms. The van der Waals surface area contributed by atoms with Gasteiger partial charge >= 0.3 is 0 Å². The summed E-state index contributed by atoms with van der Waals surface area (Å²) in [5.74, 6) is 4.45. The van der Waals surface area contributed by atoms with E-state index in [-0.39, 0.29) is 6.29 Å². The molecule has 3 fully saturated rings. The maximum atomic E-state index is 5.94. The van der Waals surface area contributed by atoms with Crippen LogP contribution in [0.1, 0.15) is 117 Å². The Morgan fingerprint density at radius 2 is 1.20 bits per heavy atom. The summed E-state index contributed by atoms with van der Waals surface area (Å²) in [6.45, 7) is 6.33. The first-order valence-corrected chi connectivity index (χ1v) is 13.7. The molecule has 2 aliphatic carbocycles. The molecule has 0 amide bonds. The quantitative estimate of drug-likeness (QED) is 0.248. The number of ether oxygens (including phenoxy) is 2. The van der Waals surface area contributed by atoms with Gasteiger partial charge in [0, 0.05) is 5.92 Å². The summed E-state index contributed by atoms with van der Waals surface area (Å²) >= 11 is 0. The maximum Gasteiger partial charge on any atom is 0.176 e. The fourth-order valence-electron chi connectivity index (χ4n) is 6.19. The Morgan fingerprint density at radius 3 is 1.83 bits per heavy atom. The van der Waals surface area contributed by atoms with Crippen LogP contribution < -0.4 is 0 Å². The fraction of sp³-hybridized carbons (Fsp3) is 0.929. The minimum absolute atomic E-state index is 0.0896. The largest absolute Gasteiger partial charge is 0.349 e. The predicted molar refractivity (Wildman–Crippen MR) is 128 cm³/mol. The van der Waals surface area contributed by atoms with Crippen LogP contribution >= 0.6 is 0 Å². The highest BCUT2D eigenvalue weighted by Crippen LogP contribution is 2.42. The van der Waals surface area contributed by atoms with Crippen LogP contribution in [0.2, 0.25) is 0 Å². The van der Waals surface area contributed by atoms with E-state index in [1.165, 1.54) is 103 Å². The van der Waals surface area contributed by atoms with Crippen LogP contribution in [0.15, 0.2) is 12.2 Å². The molecule has 0 unspecified atom stereocenters. The van der Waals surface area contributed by atoms with Gasteiger partial charge in [0.2, 0.25) is 0 Å². The molecular weight excluding hydrogens is 368 g/mol. The van der Waals surface area contributed by atoms with Gasteiger partial charge in [0.1, 0.15) is 0 Å². The second kappa shape index (κ2) is 13.9. The first kappa shape index (κ1) is 24.3. The first-order valence-electron chi connectivity index (χ1n) is 13.7. The van der Waals surface area contributed by atoms with Crippen LogP contribution in [-0.2, 0) is 9.47 Å². The lowest BCUT2D eigenvalue weighted by atomic mass is 9.68. The van der Waals surface area contributed by atoms with E-state index in [1.807, 2.05) is 0 Å². The van der Waals surface area contributed by atoms with Crippen LogP contribution in [0.5, 0.6) is 0 Å². The van der Waals surface area contributed by atoms with Gasteiger partial charge in [-0.1, -0.05) is 77.7 Å². The Kier molecular flexibility index (Phi) is 11.3. The van der Waals surface area contributed by atoms with Gasteiger partial charge in [-0.25, -0.2) is 0 Å². The first-order chi connectivity index (χ1) is 14.8. The minimum atomic E-state index is -0.0896. The van der Waals surface area contributed by atoms with Crippen molar-refractivity contribution < 1.29 is 9.47 Å². The average molecular weight is 419 g/mol. The summed E-state index contributed by atoms with van der Waals surface area (Å²) in [6, 6.07) is 0. The lowest BCUT2D eigenvalue weighted by molar-refractivity contribution is -0.175. The van der Waals surface area contributed by atoms with Crippen molar-refractivity contribution >= 4 is 0 Å². The van der Waals surface area contributed by atoms with Crippen molar-refractivity contribution in [2.45, 2.75) is 123 Å². The zero-order valence-electron chi connectivity index (χ0n) is 20.2. The molecule has 1 heterocycles. The van der Waals surface area contributed by atoms with Crippen LogP contribution in [0.25, 0.3) is 0 Å². The van der Waals surface area contributed by atoms with E-state index in [0.717, 1.165) is 36.9 Å². The number of unbranched alkanes of at least 4 members (excludes halogenated alkanes) is 4. The molecule has 30 heavy (non-hydrogen) atoms. The number of hydrogen-bond acceptors (Lipinski definition) is 2. The molecule has 0 aromatic rings. The van der Waals surface area contributed by atoms with Crippen molar-refractivity contribution in [2.75, 3.05) is 13.2 Å². The Labute approximate surface area is 187 Å². The van der Waals surface area contributed by atoms with E-state index < -0.39 is 0 Å². The number of hydrogen-bond donors (Lipinski definition) is 0. The molecule has 3 aliphatic rings. The summed E-state index contributed by atoms with van der Waals surface area (Å²) in [6.07, 6.45) is 27.3. The van der Waals surface area contributed by atoms with Crippen LogP contribution in [0, 0.1) is 29.6 Å². The Bertz CT molecular complexity index is 449. The summed E-state index contributed by atoms with van der Waals surface area (Å²) in [4.78, 5) is 0. The maximum absolute atomic E-state index is 5.94. The Morgan fingerprint density at radius 1 is 0.600 bits per heavy atom. The van der Waals surface area contributed by atoms with E-state index in [1.54, 1.807) is 0 Å². The van der Waals surface area contributed by atoms with Gasteiger partial charge in [-0.3, -0.25) is 0 Å². The fourth-order valence-corrected chi connectivity index (χ4v) is 6.19. The van der Waals surface area contributed by atoms with E-state index >= 15 is 0 Å². The molecule has 0 spiro atoms. The predicted octanol–water partition coefficient (Wildman–Crippen LogP) is 8.31. The highest BCUT2D eigenvalue weighted by atomic mass is 16.7. The standard InChI is InChI=1S/C28H50O2/c1-3-5-7-8-10-23-11-16-26(17-12-23)27-18-13-24(14-19-27)15-20-28-29-21-25(22-30-28)9-6-4-2/h15,20,23-28H,3-14,16-19,21-22H2,1-2H3/b20-15+. The zero-order valence-corrected chi connectivity index (χ0v) is 20.2. The minimum Gasteiger partial charge on any atom is -0.349 e. The summed E-state index contributed by atoms with van der Waals surface area (Å²) in [5, 5.41) is 0. The van der Waals surface area contributed by atoms with E-state index in [9.17, 15) is 0 Å². The Balaban J connectivity index is 1.27. The molecule has 2 nitrogen and oxygen atoms in total. The average Bonchev–Trinajstić information content (AvgIpc) is 2.81. The highest BCUT2D eigenvalue weighted by Gasteiger charge is 2.30. The molecule has 0 N–H and O–H groups in total. The van der Waals surface area contributed by atoms with E-state index in [0.29, 0.717) is 5.92 Å². The van der Waals surface area contributed by atoms with Gasteiger partial charge in [0.05, 0.1) is 13.2 Å². The van der Waals surface area contributed by atoms with Crippen LogP contribution in [0.3, 0.4) is 0 Å². The van der Waals surface area contributed by atoms with Crippen molar-refractivity contribution in [3.05, 3.63) is 12.2 Å². The number of allylic oxidation sites excluding steroid dienone is 1. The highest BCUT2D eigenvalue weighted by molar-refractivity contribution is 4.95. The summed E-state index contributed by atoms with van der Waals surface area (Å²) in [7, 11) is 0. The molecule has 174 valence electrons. The normalized spacial score (nSPS) is 35.7. The smallest absolute Gasteiger partial charge is 0.176 e. The third-order valence-electron chi connectivity index (χ3n) is 8.34. The van der Waals surface area contributed by atoms with E-state index in [2.05, 4.69) is 26.0 Å². The molecule has 1 aliphatic heterocycles. The van der Waals surface area contributed by atoms with Gasteiger partial charge in [-0.15, -0.1) is 0 Å². The van der Waals surface area contributed by atoms with E-state index in [4.69, 9.17) is 9.47 Å². The van der Waals surface area contributed by atoms with Crippen molar-refractivity contribution in [3.63, 3.8) is 0 Å². The molecule has 2 saturated carbocycles. The molecule has 0 aromatic heterocycles. The molecule has 3 rings (SSSR count). The lowest BCUT2D eigenvalue weighted by Crippen LogP contribution is -2.31. The molecular formula is C28H50O2. The van der Waals surface area contributed by atoms with Gasteiger partial charge in [0.15, 0.2) is 6.29 Å². The van der Waals surface area contributed by atoms with Gasteiger partial charge in [0.25, 0.3) is 0 Å². The Hall–Kier alpha value is -0.340. The lowest BCUT2D eigenvalue weighted by Gasteiger charge is -2.37. The topological polar surface area (TPSA) is 18.5 Å². The van der Waals surface area contributed by atoms with Crippen molar-refractivity contribution in [3.8, 4) is 0 Å². The monoisotopic (exact) mass is 418 g/mol. The SMILES string of the molecule is CCCCCCC1CCC(C2CCC(/C=C/C3OCC(CCCC)CO3)CC2)CC1. The third-order valence-corrected chi connectivity index (χ3v) is 8.34. The molecule has 2 heteroatoms. The van der Waals surface area contributed by atoms with Crippen LogP contribution in [0.4, 0.5) is 0 Å². The second-order valence-corrected chi connectivity index (χ2v) is 10.7. The van der Waals surface area contributed by atoms with Gasteiger partial charge < -0.3 is 9.47 Å². The molecule has 0 atom stereocenters. The molecule has 0 radical (unpaired) electrons. The number of rotatable bonds is 11. The molecule has 1 saturated heterocycles. The van der Waals surface area contributed by atoms with Crippen molar-refractivity contribution in [1.29, 1.82) is 0 Å². The van der Waals surface area contributed by atoms with Gasteiger partial charge in [-0.2, -0.15) is 0 Å². The van der Waals surface area contributed by atoms with Crippen LogP contribution in [-0.4, -0.2) is 19.5 Å². The second-order valence-electron chi connectivity index (χ2n) is 10.7. The third kappa shape index (κ3) is 8.30. The molecule has 0 aromatic carbocycles. The van der Waals surface area contributed by atoms with Gasteiger partial charge in [-0.05, 0) is 74.7 Å². The zero-order chi connectivity index (χ0) is 21.0. The van der Waals surface area contributed by atoms with Crippen molar-refractivity contribution in [1.82, 2.24) is 0 Å². The van der Waals surface area contributed by atoms with Crippen molar-refractivity contribution in [2.24, 2.45) is 29.6 Å². The summed E-state index contributed by atoms with van der Waals surface area (Å²) in [5.41, 5.74) is 0. The summed E-state index contributed by atoms with van der Waals surface area (Å²) < 4.78 is 11.9.